The van der Waals surface area contributed by atoms with Gasteiger partial charge in [-0.3, -0.25) is 0 Å². The van der Waals surface area contributed by atoms with Gasteiger partial charge in [-0.2, -0.15) is 0 Å². The molecule has 0 aliphatic rings. The predicted molar refractivity (Wildman–Crippen MR) is 245 cm³/mol. The molecule has 0 unspecified atom stereocenters. The number of carbonyl (C=O) groups is 2. The van der Waals surface area contributed by atoms with E-state index in [1.165, 1.54) is 0 Å². The fourth-order valence-electron chi connectivity index (χ4n) is 7.28. The van der Waals surface area contributed by atoms with Gasteiger partial charge in [0.05, 0.1) is 11.1 Å². The number of hydrogen-bond donors (Lipinski definition) is 0. The highest BCUT2D eigenvalue weighted by atomic mass is 16.5. The average Bonchev–Trinajstić information content (AvgIpc) is 3.27. The largest absolute Gasteiger partial charge is 0.422 e. The molecule has 0 saturated heterocycles. The fourth-order valence-corrected chi connectivity index (χ4v) is 7.28. The molecular formula is C56H44O4. The topological polar surface area (TPSA) is 52.6 Å². The van der Waals surface area contributed by atoms with Crippen LogP contribution in [0.3, 0.4) is 0 Å². The van der Waals surface area contributed by atoms with Crippen molar-refractivity contribution in [3.05, 3.63) is 249 Å². The Kier molecular flexibility index (Phi) is 11.5. The van der Waals surface area contributed by atoms with Crippen LogP contribution in [-0.4, -0.2) is 11.9 Å². The van der Waals surface area contributed by atoms with Crippen LogP contribution in [0.15, 0.2) is 182 Å². The van der Waals surface area contributed by atoms with Gasteiger partial charge in [0.25, 0.3) is 0 Å². The van der Waals surface area contributed by atoms with Gasteiger partial charge in [-0.05, 0) is 102 Å². The Morgan fingerprint density at radius 2 is 0.783 bits per heavy atom. The highest BCUT2D eigenvalue weighted by Crippen LogP contribution is 2.37. The molecule has 4 heteroatoms. The molecule has 0 aromatic heterocycles. The van der Waals surface area contributed by atoms with Gasteiger partial charge >= 0.3 is 11.9 Å². The Morgan fingerprint density at radius 1 is 0.383 bits per heavy atom. The average molecular weight is 781 g/mol. The van der Waals surface area contributed by atoms with Gasteiger partial charge in [-0.25, -0.2) is 9.59 Å². The van der Waals surface area contributed by atoms with Crippen molar-refractivity contribution >= 4 is 46.0 Å². The molecule has 0 saturated carbocycles. The number of rotatable bonds is 10. The fraction of sp³-hybridized carbons (Fsp3) is 0.0714. The Morgan fingerprint density at radius 3 is 1.27 bits per heavy atom. The molecule has 0 bridgehead atoms. The summed E-state index contributed by atoms with van der Waals surface area (Å²) in [6.45, 7) is 8.23. The second-order valence-corrected chi connectivity index (χ2v) is 15.2. The second-order valence-electron chi connectivity index (χ2n) is 15.2. The van der Waals surface area contributed by atoms with Gasteiger partial charge < -0.3 is 9.47 Å². The third-order valence-electron chi connectivity index (χ3n) is 10.6. The molecule has 0 radical (unpaired) electrons. The first kappa shape index (κ1) is 39.3. The van der Waals surface area contributed by atoms with Crippen LogP contribution in [0.5, 0.6) is 11.5 Å². The lowest BCUT2D eigenvalue weighted by molar-refractivity contribution is 0.0693. The van der Waals surface area contributed by atoms with Crippen LogP contribution in [0.2, 0.25) is 0 Å². The van der Waals surface area contributed by atoms with E-state index in [4.69, 9.17) is 9.47 Å². The zero-order chi connectivity index (χ0) is 41.6. The molecule has 60 heavy (non-hydrogen) atoms. The summed E-state index contributed by atoms with van der Waals surface area (Å²) in [5.74, 6) is -0.615. The Balaban J connectivity index is 1.19. The molecule has 4 nitrogen and oxygen atoms in total. The van der Waals surface area contributed by atoms with Crippen LogP contribution in [0, 0.1) is 27.7 Å². The summed E-state index contributed by atoms with van der Waals surface area (Å²) in [6, 6.07) is 59.2. The highest BCUT2D eigenvalue weighted by molar-refractivity contribution is 6.14. The SMILES string of the molecule is Cc1ccc(C=C(c2ccc(C)cc2)c2ccccc2OC(=O)c2ccc3ccccc3c2C(=O)Oc2ccccc2C(=Cc2ccc(C)cc2)c2ccc(C)cc2)cc1. The van der Waals surface area contributed by atoms with Gasteiger partial charge in [-0.1, -0.05) is 186 Å². The van der Waals surface area contributed by atoms with Crippen molar-refractivity contribution in [2.75, 3.05) is 0 Å². The Bertz CT molecular complexity index is 2900. The number of aryl methyl sites for hydroxylation is 4. The van der Waals surface area contributed by atoms with Crippen LogP contribution in [-0.2, 0) is 0 Å². The molecule has 0 amide bonds. The molecule has 8 aromatic carbocycles. The number of hydrogen-bond acceptors (Lipinski definition) is 4. The molecule has 0 N–H and O–H groups in total. The summed E-state index contributed by atoms with van der Waals surface area (Å²) in [6.07, 6.45) is 4.21. The van der Waals surface area contributed by atoms with Gasteiger partial charge in [0.2, 0.25) is 0 Å². The van der Waals surface area contributed by atoms with Crippen molar-refractivity contribution in [2.24, 2.45) is 0 Å². The van der Waals surface area contributed by atoms with Crippen molar-refractivity contribution in [3.8, 4) is 11.5 Å². The van der Waals surface area contributed by atoms with Crippen LogP contribution >= 0.6 is 0 Å². The molecule has 8 aromatic rings. The van der Waals surface area contributed by atoms with Crippen LogP contribution in [0.25, 0.3) is 34.1 Å². The minimum atomic E-state index is -0.674. The third kappa shape index (κ3) is 8.79. The molecule has 0 fully saturated rings. The van der Waals surface area contributed by atoms with E-state index in [1.54, 1.807) is 18.2 Å². The molecule has 8 rings (SSSR count). The van der Waals surface area contributed by atoms with Crippen LogP contribution in [0.1, 0.15) is 76.4 Å². The van der Waals surface area contributed by atoms with E-state index < -0.39 is 11.9 Å². The number of carbonyl (C=O) groups excluding carboxylic acids is 2. The second kappa shape index (κ2) is 17.5. The van der Waals surface area contributed by atoms with Gasteiger partial charge in [0.15, 0.2) is 0 Å². The van der Waals surface area contributed by atoms with Crippen molar-refractivity contribution < 1.29 is 19.1 Å². The summed E-state index contributed by atoms with van der Waals surface area (Å²) in [5, 5.41) is 1.37. The lowest BCUT2D eigenvalue weighted by atomic mass is 9.94. The molecule has 0 aliphatic carbocycles. The first-order valence-corrected chi connectivity index (χ1v) is 20.1. The number of para-hydroxylation sites is 2. The van der Waals surface area contributed by atoms with Crippen LogP contribution in [0.4, 0.5) is 0 Å². The lowest BCUT2D eigenvalue weighted by Gasteiger charge is -2.17. The minimum Gasteiger partial charge on any atom is -0.422 e. The van der Waals surface area contributed by atoms with E-state index in [0.29, 0.717) is 16.9 Å². The quantitative estimate of drug-likeness (QED) is 0.0788. The van der Waals surface area contributed by atoms with Crippen molar-refractivity contribution in [1.82, 2.24) is 0 Å². The first-order valence-electron chi connectivity index (χ1n) is 20.1. The first-order chi connectivity index (χ1) is 29.2. The van der Waals surface area contributed by atoms with Crippen molar-refractivity contribution in [1.29, 1.82) is 0 Å². The maximum Gasteiger partial charge on any atom is 0.345 e. The van der Waals surface area contributed by atoms with Gasteiger partial charge in [0, 0.05) is 11.1 Å². The van der Waals surface area contributed by atoms with Crippen LogP contribution < -0.4 is 9.47 Å². The van der Waals surface area contributed by atoms with Gasteiger partial charge in [0.1, 0.15) is 11.5 Å². The summed E-state index contributed by atoms with van der Waals surface area (Å²) in [5.41, 5.74) is 12.0. The van der Waals surface area contributed by atoms with E-state index in [9.17, 15) is 9.59 Å². The number of benzene rings is 8. The zero-order valence-electron chi connectivity index (χ0n) is 34.1. The monoisotopic (exact) mass is 780 g/mol. The number of esters is 2. The number of ether oxygens (including phenoxy) is 2. The van der Waals surface area contributed by atoms with E-state index in [2.05, 4.69) is 137 Å². The molecule has 0 aliphatic heterocycles. The van der Waals surface area contributed by atoms with E-state index in [0.717, 1.165) is 72.2 Å². The van der Waals surface area contributed by atoms with Gasteiger partial charge in [-0.15, -0.1) is 0 Å². The zero-order valence-corrected chi connectivity index (χ0v) is 34.1. The summed E-state index contributed by atoms with van der Waals surface area (Å²) >= 11 is 0. The lowest BCUT2D eigenvalue weighted by Crippen LogP contribution is -2.19. The molecule has 0 spiro atoms. The normalized spacial score (nSPS) is 11.7. The summed E-state index contributed by atoms with van der Waals surface area (Å²) < 4.78 is 12.7. The smallest absolute Gasteiger partial charge is 0.345 e. The maximum absolute atomic E-state index is 14.7. The molecule has 0 atom stereocenters. The van der Waals surface area contributed by atoms with E-state index in [-0.39, 0.29) is 11.1 Å². The van der Waals surface area contributed by atoms with Crippen molar-refractivity contribution in [2.45, 2.75) is 27.7 Å². The molecule has 0 heterocycles. The maximum atomic E-state index is 14.7. The third-order valence-corrected chi connectivity index (χ3v) is 10.6. The molecular weight excluding hydrogens is 737 g/mol. The van der Waals surface area contributed by atoms with Crippen molar-refractivity contribution in [3.63, 3.8) is 0 Å². The standard InChI is InChI=1S/C56H44O4/c1-37-17-25-41(26-18-37)35-50(44-29-21-39(3)22-30-44)47-13-7-9-15-52(47)59-55(57)49-34-33-43-11-5-6-12-46(43)54(49)56(58)60-53-16-10-8-14-48(53)51(45-31-23-40(4)24-32-45)36-42-27-19-38(2)20-28-42/h5-36H,1-4H3. The Labute approximate surface area is 351 Å². The molecule has 292 valence electrons. The Hall–Kier alpha value is -7.56. The highest BCUT2D eigenvalue weighted by Gasteiger charge is 2.26. The minimum absolute atomic E-state index is 0.0966. The van der Waals surface area contributed by atoms with E-state index >= 15 is 0 Å². The predicted octanol–water partition coefficient (Wildman–Crippen LogP) is 13.7. The summed E-state index contributed by atoms with van der Waals surface area (Å²) in [4.78, 5) is 29.3. The van der Waals surface area contributed by atoms with E-state index in [1.807, 2.05) is 66.7 Å². The number of fused-ring (bicyclic) bond motifs is 1. The summed E-state index contributed by atoms with van der Waals surface area (Å²) in [7, 11) is 0.